The summed E-state index contributed by atoms with van der Waals surface area (Å²) in [6.07, 6.45) is 0. The molecule has 1 unspecified atom stereocenters. The minimum atomic E-state index is 0.350. The Kier molecular flexibility index (Phi) is 5.73. The molecule has 0 aromatic rings. The van der Waals surface area contributed by atoms with Gasteiger partial charge in [0, 0.05) is 16.5 Å². The van der Waals surface area contributed by atoms with Crippen LogP contribution in [0.25, 0.3) is 0 Å². The van der Waals surface area contributed by atoms with Gasteiger partial charge >= 0.3 is 0 Å². The van der Waals surface area contributed by atoms with Crippen molar-refractivity contribution in [1.82, 2.24) is 5.32 Å². The van der Waals surface area contributed by atoms with Gasteiger partial charge in [-0.3, -0.25) is 0 Å². The van der Waals surface area contributed by atoms with Crippen LogP contribution in [0.5, 0.6) is 0 Å². The second-order valence-electron chi connectivity index (χ2n) is 4.38. The molecular formula is C11H23NS. The van der Waals surface area contributed by atoms with Gasteiger partial charge in [0.2, 0.25) is 0 Å². The maximum atomic E-state index is 4.00. The predicted octanol–water partition coefficient (Wildman–Crippen LogP) is 3.07. The normalized spacial score (nSPS) is 14.2. The molecule has 0 aromatic carbocycles. The topological polar surface area (TPSA) is 12.0 Å². The monoisotopic (exact) mass is 201 g/mol. The van der Waals surface area contributed by atoms with Gasteiger partial charge < -0.3 is 5.32 Å². The van der Waals surface area contributed by atoms with Crippen molar-refractivity contribution in [2.45, 2.75) is 45.4 Å². The van der Waals surface area contributed by atoms with Gasteiger partial charge in [0.1, 0.15) is 0 Å². The van der Waals surface area contributed by atoms with Crippen molar-refractivity contribution in [2.24, 2.45) is 0 Å². The Morgan fingerprint density at radius 2 is 2.00 bits per heavy atom. The molecule has 0 fully saturated rings. The second kappa shape index (κ2) is 5.71. The summed E-state index contributed by atoms with van der Waals surface area (Å²) < 4.78 is 0.350. The van der Waals surface area contributed by atoms with E-state index in [0.717, 1.165) is 12.3 Å². The fourth-order valence-electron chi connectivity index (χ4n) is 0.955. The highest BCUT2D eigenvalue weighted by Gasteiger charge is 2.15. The second-order valence-corrected chi connectivity index (χ2v) is 6.23. The third kappa shape index (κ3) is 7.15. The van der Waals surface area contributed by atoms with Crippen LogP contribution in [-0.2, 0) is 0 Å². The lowest BCUT2D eigenvalue weighted by Crippen LogP contribution is -2.33. The third-order valence-corrected chi connectivity index (χ3v) is 3.09. The minimum absolute atomic E-state index is 0.350. The van der Waals surface area contributed by atoms with Crippen LogP contribution in [0, 0.1) is 0 Å². The molecule has 0 radical (unpaired) electrons. The van der Waals surface area contributed by atoms with Crippen molar-refractivity contribution in [3.8, 4) is 0 Å². The summed E-state index contributed by atoms with van der Waals surface area (Å²) in [5.41, 5.74) is 1.23. The molecule has 0 aliphatic carbocycles. The lowest BCUT2D eigenvalue weighted by molar-refractivity contribution is 0.639. The Morgan fingerprint density at radius 1 is 1.46 bits per heavy atom. The Bertz CT molecular complexity index is 158. The Morgan fingerprint density at radius 3 is 2.31 bits per heavy atom. The maximum absolute atomic E-state index is 4.00. The molecule has 1 N–H and O–H groups in total. The lowest BCUT2D eigenvalue weighted by atomic mass is 10.2. The van der Waals surface area contributed by atoms with Crippen LogP contribution in [0.4, 0.5) is 0 Å². The quantitative estimate of drug-likeness (QED) is 0.686. The molecule has 0 bridgehead atoms. The summed E-state index contributed by atoms with van der Waals surface area (Å²) in [6, 6.07) is 0.467. The van der Waals surface area contributed by atoms with Crippen molar-refractivity contribution in [2.75, 3.05) is 12.3 Å². The standard InChI is InChI=1S/C11H23NS/c1-7-12-10(9(2)3)8-13-11(4,5)6/h10,12H,2,7-8H2,1,3-6H3. The highest BCUT2D eigenvalue weighted by atomic mass is 32.2. The Labute approximate surface area is 87.4 Å². The SMILES string of the molecule is C=C(C)C(CSC(C)(C)C)NCC. The third-order valence-electron chi connectivity index (χ3n) is 1.73. The summed E-state index contributed by atoms with van der Waals surface area (Å²) in [5, 5.41) is 3.43. The van der Waals surface area contributed by atoms with Crippen LogP contribution >= 0.6 is 11.8 Å². The van der Waals surface area contributed by atoms with Gasteiger partial charge in [0.05, 0.1) is 0 Å². The van der Waals surface area contributed by atoms with Crippen LogP contribution in [0.3, 0.4) is 0 Å². The van der Waals surface area contributed by atoms with E-state index >= 15 is 0 Å². The van der Waals surface area contributed by atoms with E-state index in [1.165, 1.54) is 5.57 Å². The molecule has 78 valence electrons. The van der Waals surface area contributed by atoms with Gasteiger partial charge in [-0.15, -0.1) is 0 Å². The summed E-state index contributed by atoms with van der Waals surface area (Å²) in [7, 11) is 0. The summed E-state index contributed by atoms with van der Waals surface area (Å²) >= 11 is 1.99. The molecule has 0 aliphatic rings. The Balaban J connectivity index is 3.90. The number of thioether (sulfide) groups is 1. The van der Waals surface area contributed by atoms with E-state index in [-0.39, 0.29) is 0 Å². The molecule has 0 rings (SSSR count). The predicted molar refractivity (Wildman–Crippen MR) is 64.5 cm³/mol. The van der Waals surface area contributed by atoms with Crippen LogP contribution in [0.1, 0.15) is 34.6 Å². The number of hydrogen-bond donors (Lipinski definition) is 1. The van der Waals surface area contributed by atoms with E-state index in [1.54, 1.807) is 0 Å². The van der Waals surface area contributed by atoms with Crippen molar-refractivity contribution in [3.63, 3.8) is 0 Å². The minimum Gasteiger partial charge on any atom is -0.310 e. The van der Waals surface area contributed by atoms with Crippen LogP contribution in [0.15, 0.2) is 12.2 Å². The average Bonchev–Trinajstić information content (AvgIpc) is 1.95. The molecule has 0 saturated heterocycles. The number of nitrogens with one attached hydrogen (secondary N) is 1. The highest BCUT2D eigenvalue weighted by molar-refractivity contribution is 8.00. The van der Waals surface area contributed by atoms with Crippen molar-refractivity contribution >= 4 is 11.8 Å². The maximum Gasteiger partial charge on any atom is 0.0365 e. The van der Waals surface area contributed by atoms with Gasteiger partial charge in [0.15, 0.2) is 0 Å². The van der Waals surface area contributed by atoms with Gasteiger partial charge in [-0.1, -0.05) is 39.8 Å². The van der Waals surface area contributed by atoms with Gasteiger partial charge in [-0.25, -0.2) is 0 Å². The van der Waals surface area contributed by atoms with E-state index in [9.17, 15) is 0 Å². The first kappa shape index (κ1) is 13.1. The molecule has 0 saturated carbocycles. The fraction of sp³-hybridized carbons (Fsp3) is 0.818. The number of rotatable bonds is 5. The smallest absolute Gasteiger partial charge is 0.0365 e. The largest absolute Gasteiger partial charge is 0.310 e. The molecule has 1 atom stereocenters. The fourth-order valence-corrected chi connectivity index (χ4v) is 2.02. The van der Waals surface area contributed by atoms with Crippen LogP contribution in [0.2, 0.25) is 0 Å². The van der Waals surface area contributed by atoms with Gasteiger partial charge in [-0.05, 0) is 13.5 Å². The van der Waals surface area contributed by atoms with Gasteiger partial charge in [-0.2, -0.15) is 11.8 Å². The molecule has 13 heavy (non-hydrogen) atoms. The molecule has 0 heterocycles. The highest BCUT2D eigenvalue weighted by Crippen LogP contribution is 2.24. The molecule has 2 heteroatoms. The molecule has 0 aliphatic heterocycles. The first-order chi connectivity index (χ1) is 5.87. The zero-order chi connectivity index (χ0) is 10.5. The van der Waals surface area contributed by atoms with E-state index in [0.29, 0.717) is 10.8 Å². The molecule has 0 amide bonds. The van der Waals surface area contributed by atoms with E-state index in [4.69, 9.17) is 0 Å². The molecule has 0 aromatic heterocycles. The van der Waals surface area contributed by atoms with Crippen LogP contribution < -0.4 is 5.32 Å². The summed E-state index contributed by atoms with van der Waals surface area (Å²) in [4.78, 5) is 0. The number of likely N-dealkylation sites (N-methyl/N-ethyl adjacent to an activating group) is 1. The molecule has 1 nitrogen and oxygen atoms in total. The first-order valence-corrected chi connectivity index (χ1v) is 5.88. The van der Waals surface area contributed by atoms with Crippen molar-refractivity contribution < 1.29 is 0 Å². The van der Waals surface area contributed by atoms with Crippen molar-refractivity contribution in [1.29, 1.82) is 0 Å². The molecular weight excluding hydrogens is 178 g/mol. The molecule has 0 spiro atoms. The van der Waals surface area contributed by atoms with E-state index in [2.05, 4.69) is 46.5 Å². The van der Waals surface area contributed by atoms with E-state index < -0.39 is 0 Å². The summed E-state index contributed by atoms with van der Waals surface area (Å²) in [5.74, 6) is 1.12. The average molecular weight is 201 g/mol. The van der Waals surface area contributed by atoms with Crippen molar-refractivity contribution in [3.05, 3.63) is 12.2 Å². The zero-order valence-electron chi connectivity index (χ0n) is 9.61. The van der Waals surface area contributed by atoms with Gasteiger partial charge in [0.25, 0.3) is 0 Å². The Hall–Kier alpha value is 0.0500. The first-order valence-electron chi connectivity index (χ1n) is 4.89. The number of hydrogen-bond acceptors (Lipinski definition) is 2. The zero-order valence-corrected chi connectivity index (χ0v) is 10.4. The van der Waals surface area contributed by atoms with E-state index in [1.807, 2.05) is 11.8 Å². The van der Waals surface area contributed by atoms with Crippen LogP contribution in [-0.4, -0.2) is 23.1 Å². The summed E-state index contributed by atoms with van der Waals surface area (Å²) in [6.45, 7) is 16.0. The lowest BCUT2D eigenvalue weighted by Gasteiger charge is -2.23.